The van der Waals surface area contributed by atoms with E-state index in [1.807, 2.05) is 37.5 Å². The third-order valence-electron chi connectivity index (χ3n) is 4.21. The highest BCUT2D eigenvalue weighted by atomic mass is 16.5. The van der Waals surface area contributed by atoms with Crippen molar-refractivity contribution in [2.75, 3.05) is 37.9 Å². The molecule has 1 aromatic carbocycles. The lowest BCUT2D eigenvalue weighted by Gasteiger charge is -2.12. The van der Waals surface area contributed by atoms with E-state index in [0.29, 0.717) is 19.1 Å². The Labute approximate surface area is 171 Å². The summed E-state index contributed by atoms with van der Waals surface area (Å²) >= 11 is 0. The van der Waals surface area contributed by atoms with Crippen molar-refractivity contribution < 1.29 is 4.74 Å². The number of hydrogen-bond donors (Lipinski definition) is 2. The van der Waals surface area contributed by atoms with E-state index in [-0.39, 0.29) is 0 Å². The van der Waals surface area contributed by atoms with Gasteiger partial charge in [0.1, 0.15) is 5.75 Å². The van der Waals surface area contributed by atoms with Gasteiger partial charge in [-0.3, -0.25) is 4.98 Å². The molecule has 8 nitrogen and oxygen atoms in total. The first-order valence-corrected chi connectivity index (χ1v) is 9.74. The molecule has 2 aromatic heterocycles. The smallest absolute Gasteiger partial charge is 0.244 e. The van der Waals surface area contributed by atoms with E-state index in [1.165, 1.54) is 5.56 Å². The third-order valence-corrected chi connectivity index (χ3v) is 4.21. The second-order valence-corrected chi connectivity index (χ2v) is 7.11. The molecule has 0 saturated heterocycles. The van der Waals surface area contributed by atoms with Crippen LogP contribution in [0.4, 0.5) is 11.9 Å². The van der Waals surface area contributed by atoms with Crippen molar-refractivity contribution in [1.29, 1.82) is 0 Å². The topological polar surface area (TPSA) is 80.1 Å². The number of nitrogens with zero attached hydrogens (tertiary/aromatic N) is 5. The van der Waals surface area contributed by atoms with Crippen molar-refractivity contribution in [3.8, 4) is 5.75 Å². The number of anilines is 2. The van der Waals surface area contributed by atoms with Crippen molar-refractivity contribution in [3.63, 3.8) is 0 Å². The SMILES string of the molecule is CN(C)Cc1cccc(OCCCNc2nc(NCc3cccnc3)nn2C)c1. The summed E-state index contributed by atoms with van der Waals surface area (Å²) in [6.45, 7) is 2.94. The summed E-state index contributed by atoms with van der Waals surface area (Å²) in [5.41, 5.74) is 2.33. The zero-order chi connectivity index (χ0) is 20.5. The van der Waals surface area contributed by atoms with Gasteiger partial charge in [-0.05, 0) is 49.8 Å². The fourth-order valence-corrected chi connectivity index (χ4v) is 2.86. The van der Waals surface area contributed by atoms with Gasteiger partial charge in [0.05, 0.1) is 6.61 Å². The van der Waals surface area contributed by atoms with Gasteiger partial charge in [-0.2, -0.15) is 4.98 Å². The van der Waals surface area contributed by atoms with Crippen molar-refractivity contribution in [1.82, 2.24) is 24.6 Å². The number of rotatable bonds is 11. The van der Waals surface area contributed by atoms with E-state index in [4.69, 9.17) is 4.74 Å². The first kappa shape index (κ1) is 20.6. The Hall–Kier alpha value is -3.13. The Bertz CT molecular complexity index is 880. The van der Waals surface area contributed by atoms with Crippen LogP contribution >= 0.6 is 0 Å². The maximum atomic E-state index is 5.87. The molecule has 2 heterocycles. The van der Waals surface area contributed by atoms with Gasteiger partial charge >= 0.3 is 0 Å². The monoisotopic (exact) mass is 395 g/mol. The van der Waals surface area contributed by atoms with Gasteiger partial charge in [-0.25, -0.2) is 4.68 Å². The first-order chi connectivity index (χ1) is 14.1. The number of nitrogens with one attached hydrogen (secondary N) is 2. The molecule has 0 aliphatic carbocycles. The summed E-state index contributed by atoms with van der Waals surface area (Å²) in [5, 5.41) is 10.9. The molecule has 0 radical (unpaired) electrons. The van der Waals surface area contributed by atoms with Gasteiger partial charge in [0.2, 0.25) is 11.9 Å². The lowest BCUT2D eigenvalue weighted by Crippen LogP contribution is -2.11. The number of pyridine rings is 1. The first-order valence-electron chi connectivity index (χ1n) is 9.74. The predicted octanol–water partition coefficient (Wildman–Crippen LogP) is 2.76. The number of benzene rings is 1. The minimum absolute atomic E-state index is 0.591. The fourth-order valence-electron chi connectivity index (χ4n) is 2.86. The molecule has 0 fully saturated rings. The van der Waals surface area contributed by atoms with Crippen LogP contribution < -0.4 is 15.4 Å². The number of aryl methyl sites for hydroxylation is 1. The van der Waals surface area contributed by atoms with Crippen molar-refractivity contribution in [2.45, 2.75) is 19.5 Å². The molecule has 29 heavy (non-hydrogen) atoms. The van der Waals surface area contributed by atoms with Crippen LogP contribution in [0.1, 0.15) is 17.5 Å². The van der Waals surface area contributed by atoms with E-state index >= 15 is 0 Å². The fraction of sp³-hybridized carbons (Fsp3) is 0.381. The minimum Gasteiger partial charge on any atom is -0.494 e. The zero-order valence-electron chi connectivity index (χ0n) is 17.3. The van der Waals surface area contributed by atoms with Crippen LogP contribution in [0.25, 0.3) is 0 Å². The van der Waals surface area contributed by atoms with Gasteiger partial charge in [0.25, 0.3) is 0 Å². The summed E-state index contributed by atoms with van der Waals surface area (Å²) in [4.78, 5) is 10.7. The molecular formula is C21H29N7O. The Morgan fingerprint density at radius 2 is 1.97 bits per heavy atom. The normalized spacial score (nSPS) is 10.9. The van der Waals surface area contributed by atoms with Gasteiger partial charge in [-0.1, -0.05) is 18.2 Å². The lowest BCUT2D eigenvalue weighted by atomic mass is 10.2. The quantitative estimate of drug-likeness (QED) is 0.483. The highest BCUT2D eigenvalue weighted by molar-refractivity contribution is 5.35. The van der Waals surface area contributed by atoms with Crippen LogP contribution in [-0.2, 0) is 20.1 Å². The Morgan fingerprint density at radius 3 is 2.76 bits per heavy atom. The summed E-state index contributed by atoms with van der Waals surface area (Å²) in [5.74, 6) is 2.23. The van der Waals surface area contributed by atoms with E-state index in [0.717, 1.165) is 36.8 Å². The molecule has 3 aromatic rings. The molecule has 0 atom stereocenters. The van der Waals surface area contributed by atoms with Gasteiger partial charge in [-0.15, -0.1) is 5.10 Å². The molecule has 3 rings (SSSR count). The Kier molecular flexibility index (Phi) is 7.40. The Morgan fingerprint density at radius 1 is 1.10 bits per heavy atom. The molecule has 8 heteroatoms. The number of aromatic nitrogens is 4. The van der Waals surface area contributed by atoms with E-state index in [2.05, 4.69) is 56.8 Å². The molecule has 0 spiro atoms. The average Bonchev–Trinajstić information content (AvgIpc) is 3.06. The molecule has 2 N–H and O–H groups in total. The second-order valence-electron chi connectivity index (χ2n) is 7.11. The van der Waals surface area contributed by atoms with Gasteiger partial charge in [0.15, 0.2) is 0 Å². The number of hydrogen-bond acceptors (Lipinski definition) is 7. The van der Waals surface area contributed by atoms with Crippen LogP contribution in [-0.4, -0.2) is 51.9 Å². The third kappa shape index (κ3) is 6.76. The molecule has 0 unspecified atom stereocenters. The van der Waals surface area contributed by atoms with Crippen LogP contribution in [0.2, 0.25) is 0 Å². The van der Waals surface area contributed by atoms with E-state index in [1.54, 1.807) is 10.9 Å². The van der Waals surface area contributed by atoms with Crippen molar-refractivity contribution in [3.05, 3.63) is 59.9 Å². The molecule has 154 valence electrons. The largest absolute Gasteiger partial charge is 0.494 e. The van der Waals surface area contributed by atoms with Crippen molar-refractivity contribution in [2.24, 2.45) is 7.05 Å². The van der Waals surface area contributed by atoms with Crippen molar-refractivity contribution >= 4 is 11.9 Å². The summed E-state index contributed by atoms with van der Waals surface area (Å²) in [6, 6.07) is 12.2. The minimum atomic E-state index is 0.591. The molecular weight excluding hydrogens is 366 g/mol. The molecule has 0 saturated carbocycles. The lowest BCUT2D eigenvalue weighted by molar-refractivity contribution is 0.313. The van der Waals surface area contributed by atoms with Crippen LogP contribution in [0.5, 0.6) is 5.75 Å². The van der Waals surface area contributed by atoms with Crippen LogP contribution in [0, 0.1) is 0 Å². The average molecular weight is 396 g/mol. The number of ether oxygens (including phenoxy) is 1. The maximum absolute atomic E-state index is 5.87. The summed E-state index contributed by atoms with van der Waals surface area (Å²) in [7, 11) is 5.99. The highest BCUT2D eigenvalue weighted by Crippen LogP contribution is 2.15. The zero-order valence-corrected chi connectivity index (χ0v) is 17.3. The second kappa shape index (κ2) is 10.4. The summed E-state index contributed by atoms with van der Waals surface area (Å²) < 4.78 is 7.60. The van der Waals surface area contributed by atoms with Gasteiger partial charge in [0, 0.05) is 39.1 Å². The van der Waals surface area contributed by atoms with E-state index < -0.39 is 0 Å². The standard InChI is InChI=1S/C21H29N7O/c1-27(2)16-17-7-4-9-19(13-17)29-12-6-11-23-21-25-20(26-28(21)3)24-15-18-8-5-10-22-14-18/h4-5,7-10,13-14H,6,11-12,15-16H2,1-3H3,(H2,23,24,25,26). The predicted molar refractivity (Wildman–Crippen MR) is 115 cm³/mol. The van der Waals surface area contributed by atoms with E-state index in [9.17, 15) is 0 Å². The maximum Gasteiger partial charge on any atom is 0.244 e. The highest BCUT2D eigenvalue weighted by Gasteiger charge is 2.06. The van der Waals surface area contributed by atoms with Crippen LogP contribution in [0.3, 0.4) is 0 Å². The molecule has 0 aliphatic rings. The molecule has 0 aliphatic heterocycles. The summed E-state index contributed by atoms with van der Waals surface area (Å²) in [6.07, 6.45) is 4.45. The Balaban J connectivity index is 1.39. The van der Waals surface area contributed by atoms with Gasteiger partial charge < -0.3 is 20.3 Å². The molecule has 0 amide bonds. The molecule has 0 bridgehead atoms. The van der Waals surface area contributed by atoms with Crippen LogP contribution in [0.15, 0.2) is 48.8 Å².